The molecule has 0 atom stereocenters. The van der Waals surface area contributed by atoms with Gasteiger partial charge < -0.3 is 4.90 Å². The molecule has 1 saturated heterocycles. The summed E-state index contributed by atoms with van der Waals surface area (Å²) in [4.78, 5) is 7.96. The van der Waals surface area contributed by atoms with Crippen molar-refractivity contribution in [2.24, 2.45) is 0 Å². The van der Waals surface area contributed by atoms with E-state index >= 15 is 0 Å². The second-order valence-electron chi connectivity index (χ2n) is 4.54. The maximum absolute atomic E-state index is 12.5. The number of alkyl halides is 4. The van der Waals surface area contributed by atoms with E-state index in [4.69, 9.17) is 23.2 Å². The molecule has 0 aromatic carbocycles. The summed E-state index contributed by atoms with van der Waals surface area (Å²) in [5, 5.41) is 0.0330. The van der Waals surface area contributed by atoms with Gasteiger partial charge >= 0.3 is 6.18 Å². The fourth-order valence-electron chi connectivity index (χ4n) is 2.12. The van der Waals surface area contributed by atoms with Gasteiger partial charge in [-0.15, -0.1) is 11.6 Å². The lowest BCUT2D eigenvalue weighted by molar-refractivity contribution is -0.137. The van der Waals surface area contributed by atoms with Crippen molar-refractivity contribution in [3.63, 3.8) is 0 Å². The number of halogens is 5. The van der Waals surface area contributed by atoms with Gasteiger partial charge in [-0.2, -0.15) is 13.2 Å². The predicted octanol–water partition coefficient (Wildman–Crippen LogP) is 3.11. The Kier molecular flexibility index (Phi) is 4.99. The summed E-state index contributed by atoms with van der Waals surface area (Å²) in [5.41, 5.74) is -0.827. The molecule has 0 saturated carbocycles. The summed E-state index contributed by atoms with van der Waals surface area (Å²) in [6.45, 7) is 3.75. The van der Waals surface area contributed by atoms with Crippen molar-refractivity contribution in [1.29, 1.82) is 0 Å². The van der Waals surface area contributed by atoms with Crippen LogP contribution in [0.15, 0.2) is 12.3 Å². The lowest BCUT2D eigenvalue weighted by Crippen LogP contribution is -2.47. The van der Waals surface area contributed by atoms with Gasteiger partial charge in [0.05, 0.1) is 10.6 Å². The van der Waals surface area contributed by atoms with E-state index in [0.717, 1.165) is 31.9 Å². The first-order chi connectivity index (χ1) is 9.41. The number of hydrogen-bond donors (Lipinski definition) is 0. The second kappa shape index (κ2) is 6.37. The predicted molar refractivity (Wildman–Crippen MR) is 73.6 cm³/mol. The van der Waals surface area contributed by atoms with Gasteiger partial charge in [-0.3, -0.25) is 4.90 Å². The zero-order valence-electron chi connectivity index (χ0n) is 10.6. The largest absolute Gasteiger partial charge is 0.417 e. The van der Waals surface area contributed by atoms with Gasteiger partial charge in [-0.1, -0.05) is 11.6 Å². The molecule has 1 aliphatic heterocycles. The Balaban J connectivity index is 2.07. The minimum Gasteiger partial charge on any atom is -0.353 e. The number of anilines is 1. The van der Waals surface area contributed by atoms with Crippen LogP contribution in [0.5, 0.6) is 0 Å². The van der Waals surface area contributed by atoms with Crippen LogP contribution >= 0.6 is 23.2 Å². The van der Waals surface area contributed by atoms with E-state index in [-0.39, 0.29) is 5.02 Å². The van der Waals surface area contributed by atoms with Crippen LogP contribution in [0.1, 0.15) is 5.56 Å². The highest BCUT2D eigenvalue weighted by Gasteiger charge is 2.32. The highest BCUT2D eigenvalue weighted by molar-refractivity contribution is 6.33. The molecule has 1 aromatic rings. The van der Waals surface area contributed by atoms with E-state index in [0.29, 0.717) is 24.8 Å². The maximum atomic E-state index is 12.5. The Morgan fingerprint density at radius 2 is 1.85 bits per heavy atom. The van der Waals surface area contributed by atoms with E-state index < -0.39 is 11.7 Å². The molecule has 0 radical (unpaired) electrons. The average Bonchev–Trinajstić information content (AvgIpc) is 2.39. The molecule has 8 heteroatoms. The van der Waals surface area contributed by atoms with Crippen LogP contribution < -0.4 is 4.90 Å². The molecule has 0 aliphatic carbocycles. The first-order valence-electron chi connectivity index (χ1n) is 6.18. The Morgan fingerprint density at radius 1 is 1.20 bits per heavy atom. The lowest BCUT2D eigenvalue weighted by Gasteiger charge is -2.35. The molecule has 0 unspecified atom stereocenters. The maximum Gasteiger partial charge on any atom is 0.417 e. The SMILES string of the molecule is FC(F)(F)c1cnc(N2CCN(CCCl)CC2)c(Cl)c1. The standard InChI is InChI=1S/C12H14Cl2F3N3/c13-1-2-19-3-5-20(6-4-19)11-10(14)7-9(8-18-11)12(15,16)17/h7-8H,1-6H2. The molecule has 20 heavy (non-hydrogen) atoms. The summed E-state index contributed by atoms with van der Waals surface area (Å²) in [6.07, 6.45) is -3.60. The summed E-state index contributed by atoms with van der Waals surface area (Å²) in [7, 11) is 0. The molecule has 0 N–H and O–H groups in total. The van der Waals surface area contributed by atoms with Crippen LogP contribution in [0, 0.1) is 0 Å². The third-order valence-electron chi connectivity index (χ3n) is 3.22. The second-order valence-corrected chi connectivity index (χ2v) is 5.33. The molecular weight excluding hydrogens is 314 g/mol. The molecule has 2 rings (SSSR count). The number of aromatic nitrogens is 1. The number of nitrogens with zero attached hydrogens (tertiary/aromatic N) is 3. The van der Waals surface area contributed by atoms with Crippen molar-refractivity contribution in [2.45, 2.75) is 6.18 Å². The normalized spacial score (nSPS) is 17.6. The summed E-state index contributed by atoms with van der Waals surface area (Å²) < 4.78 is 37.6. The third-order valence-corrected chi connectivity index (χ3v) is 3.67. The Bertz CT molecular complexity index is 460. The van der Waals surface area contributed by atoms with Crippen LogP contribution in [0.25, 0.3) is 0 Å². The van der Waals surface area contributed by atoms with E-state index in [1.165, 1.54) is 0 Å². The van der Waals surface area contributed by atoms with Gasteiger partial charge in [0.25, 0.3) is 0 Å². The minimum absolute atomic E-state index is 0.0330. The highest BCUT2D eigenvalue weighted by Crippen LogP contribution is 2.33. The highest BCUT2D eigenvalue weighted by atomic mass is 35.5. The molecule has 1 aliphatic rings. The van der Waals surface area contributed by atoms with Crippen molar-refractivity contribution in [3.05, 3.63) is 22.8 Å². The van der Waals surface area contributed by atoms with Gasteiger partial charge in [0.15, 0.2) is 0 Å². The first-order valence-corrected chi connectivity index (χ1v) is 7.09. The summed E-state index contributed by atoms with van der Waals surface area (Å²) >= 11 is 11.6. The molecule has 0 spiro atoms. The van der Waals surface area contributed by atoms with Crippen molar-refractivity contribution < 1.29 is 13.2 Å². The fourth-order valence-corrected chi connectivity index (χ4v) is 2.65. The smallest absolute Gasteiger partial charge is 0.353 e. The topological polar surface area (TPSA) is 19.4 Å². The first kappa shape index (κ1) is 15.7. The zero-order chi connectivity index (χ0) is 14.8. The molecule has 1 aromatic heterocycles. The number of hydrogen-bond acceptors (Lipinski definition) is 3. The molecule has 0 bridgehead atoms. The van der Waals surface area contributed by atoms with Crippen LogP contribution in [0.4, 0.5) is 19.0 Å². The number of piperazine rings is 1. The van der Waals surface area contributed by atoms with Gasteiger partial charge in [0, 0.05) is 44.8 Å². The van der Waals surface area contributed by atoms with Gasteiger partial charge in [-0.05, 0) is 6.07 Å². The van der Waals surface area contributed by atoms with Crippen LogP contribution in [0.2, 0.25) is 5.02 Å². The fraction of sp³-hybridized carbons (Fsp3) is 0.583. The van der Waals surface area contributed by atoms with Gasteiger partial charge in [-0.25, -0.2) is 4.98 Å². The van der Waals surface area contributed by atoms with Gasteiger partial charge in [0.2, 0.25) is 0 Å². The Hall–Kier alpha value is -0.720. The zero-order valence-corrected chi connectivity index (χ0v) is 12.1. The molecule has 0 amide bonds. The lowest BCUT2D eigenvalue weighted by atomic mass is 10.2. The number of pyridine rings is 1. The molecule has 112 valence electrons. The molecule has 2 heterocycles. The van der Waals surface area contributed by atoms with Crippen molar-refractivity contribution in [2.75, 3.05) is 43.5 Å². The van der Waals surface area contributed by atoms with E-state index in [2.05, 4.69) is 9.88 Å². The van der Waals surface area contributed by atoms with Crippen LogP contribution in [-0.4, -0.2) is 48.5 Å². The summed E-state index contributed by atoms with van der Waals surface area (Å²) in [5.74, 6) is 0.976. The monoisotopic (exact) mass is 327 g/mol. The number of rotatable bonds is 3. The molecule has 1 fully saturated rings. The van der Waals surface area contributed by atoms with Crippen LogP contribution in [-0.2, 0) is 6.18 Å². The van der Waals surface area contributed by atoms with E-state index in [9.17, 15) is 13.2 Å². The van der Waals surface area contributed by atoms with Crippen LogP contribution in [0.3, 0.4) is 0 Å². The quantitative estimate of drug-likeness (QED) is 0.795. The van der Waals surface area contributed by atoms with Gasteiger partial charge in [0.1, 0.15) is 5.82 Å². The van der Waals surface area contributed by atoms with Crippen molar-refractivity contribution in [1.82, 2.24) is 9.88 Å². The van der Waals surface area contributed by atoms with Crippen molar-refractivity contribution in [3.8, 4) is 0 Å². The van der Waals surface area contributed by atoms with E-state index in [1.807, 2.05) is 4.90 Å². The minimum atomic E-state index is -4.42. The van der Waals surface area contributed by atoms with Crippen molar-refractivity contribution >= 4 is 29.0 Å². The summed E-state index contributed by atoms with van der Waals surface area (Å²) in [6, 6.07) is 0.926. The third kappa shape index (κ3) is 3.68. The molecule has 3 nitrogen and oxygen atoms in total. The average molecular weight is 328 g/mol. The Labute approximate surface area is 125 Å². The van der Waals surface area contributed by atoms with E-state index in [1.54, 1.807) is 0 Å². The Morgan fingerprint density at radius 3 is 2.35 bits per heavy atom. The molecular formula is C12H14Cl2F3N3.